The molecule has 0 saturated heterocycles. The first-order valence-corrected chi connectivity index (χ1v) is 4.22. The van der Waals surface area contributed by atoms with Gasteiger partial charge in [-0.1, -0.05) is 27.7 Å². The minimum atomic E-state index is -0.673. The summed E-state index contributed by atoms with van der Waals surface area (Å²) in [5.41, 5.74) is 5.42. The molecule has 0 aliphatic heterocycles. The van der Waals surface area contributed by atoms with Crippen molar-refractivity contribution in [1.29, 1.82) is 0 Å². The molecule has 1 fully saturated rings. The van der Waals surface area contributed by atoms with Crippen molar-refractivity contribution in [3.8, 4) is 0 Å². The lowest BCUT2D eigenvalue weighted by Gasteiger charge is -2.03. The van der Waals surface area contributed by atoms with Crippen molar-refractivity contribution in [2.75, 3.05) is 6.61 Å². The zero-order valence-electron chi connectivity index (χ0n) is 8.18. The second kappa shape index (κ2) is 2.38. The van der Waals surface area contributed by atoms with Crippen molar-refractivity contribution in [2.24, 2.45) is 22.5 Å². The minimum absolute atomic E-state index is 0.266. The molecular formula is C9H17NO2. The molecule has 1 saturated carbocycles. The number of hydrogen-bond donors (Lipinski definition) is 1. The van der Waals surface area contributed by atoms with Crippen LogP contribution in [0.2, 0.25) is 0 Å². The molecule has 3 heteroatoms. The minimum Gasteiger partial charge on any atom is -0.449 e. The average molecular weight is 171 g/mol. The molecule has 0 aromatic heterocycles. The van der Waals surface area contributed by atoms with Gasteiger partial charge in [-0.2, -0.15) is 0 Å². The first-order chi connectivity index (χ1) is 5.30. The van der Waals surface area contributed by atoms with E-state index in [1.54, 1.807) is 0 Å². The van der Waals surface area contributed by atoms with Crippen molar-refractivity contribution < 1.29 is 9.53 Å². The largest absolute Gasteiger partial charge is 0.449 e. The normalized spacial score (nSPS) is 25.0. The molecular weight excluding hydrogens is 154 g/mol. The molecule has 12 heavy (non-hydrogen) atoms. The standard InChI is InChI=1S/C9H17NO2/c1-8(2)6(9(8,3)4)5-12-7(10)11/h6H,5H2,1-4H3,(H2,10,11). The van der Waals surface area contributed by atoms with Crippen LogP contribution in [0.15, 0.2) is 0 Å². The average Bonchev–Trinajstić information content (AvgIpc) is 2.21. The molecule has 0 heterocycles. The summed E-state index contributed by atoms with van der Waals surface area (Å²) >= 11 is 0. The first kappa shape index (κ1) is 9.36. The smallest absolute Gasteiger partial charge is 0.404 e. The highest BCUT2D eigenvalue weighted by molar-refractivity contribution is 5.64. The molecule has 3 nitrogen and oxygen atoms in total. The van der Waals surface area contributed by atoms with E-state index >= 15 is 0 Å². The fraction of sp³-hybridized carbons (Fsp3) is 0.889. The molecule has 0 spiro atoms. The molecule has 0 atom stereocenters. The van der Waals surface area contributed by atoms with Crippen LogP contribution in [-0.4, -0.2) is 12.7 Å². The molecule has 1 amide bonds. The highest BCUT2D eigenvalue weighted by Gasteiger charge is 2.64. The van der Waals surface area contributed by atoms with Crippen molar-refractivity contribution in [3.63, 3.8) is 0 Å². The Morgan fingerprint density at radius 1 is 1.33 bits per heavy atom. The maximum atomic E-state index is 10.4. The van der Waals surface area contributed by atoms with Crippen LogP contribution in [0.25, 0.3) is 0 Å². The lowest BCUT2D eigenvalue weighted by molar-refractivity contribution is 0.144. The summed E-state index contributed by atoms with van der Waals surface area (Å²) in [7, 11) is 0. The van der Waals surface area contributed by atoms with E-state index in [-0.39, 0.29) is 10.8 Å². The summed E-state index contributed by atoms with van der Waals surface area (Å²) in [5.74, 6) is 0.442. The van der Waals surface area contributed by atoms with Crippen LogP contribution in [0.4, 0.5) is 4.79 Å². The summed E-state index contributed by atoms with van der Waals surface area (Å²) < 4.78 is 4.78. The number of carbonyl (C=O) groups is 1. The summed E-state index contributed by atoms with van der Waals surface area (Å²) in [5, 5.41) is 0. The number of hydrogen-bond acceptors (Lipinski definition) is 2. The number of nitrogens with two attached hydrogens (primary N) is 1. The number of primary amides is 1. The van der Waals surface area contributed by atoms with E-state index in [1.807, 2.05) is 0 Å². The van der Waals surface area contributed by atoms with Gasteiger partial charge < -0.3 is 10.5 Å². The molecule has 0 aromatic rings. The van der Waals surface area contributed by atoms with Crippen molar-refractivity contribution in [1.82, 2.24) is 0 Å². The topological polar surface area (TPSA) is 52.3 Å². The number of ether oxygens (including phenoxy) is 1. The lowest BCUT2D eigenvalue weighted by Crippen LogP contribution is -2.16. The van der Waals surface area contributed by atoms with Gasteiger partial charge in [0.15, 0.2) is 0 Å². The van der Waals surface area contributed by atoms with Crippen LogP contribution in [0, 0.1) is 16.7 Å². The molecule has 2 N–H and O–H groups in total. The molecule has 1 rings (SSSR count). The third-order valence-electron chi connectivity index (χ3n) is 3.71. The van der Waals surface area contributed by atoms with Gasteiger partial charge in [0.05, 0.1) is 6.61 Å². The zero-order chi connectivity index (χ0) is 9.57. The quantitative estimate of drug-likeness (QED) is 0.688. The highest BCUT2D eigenvalue weighted by Crippen LogP contribution is 2.68. The van der Waals surface area contributed by atoms with Gasteiger partial charge in [0.1, 0.15) is 0 Å². The van der Waals surface area contributed by atoms with Gasteiger partial charge in [0, 0.05) is 5.92 Å². The van der Waals surface area contributed by atoms with Crippen molar-refractivity contribution >= 4 is 6.09 Å². The molecule has 0 radical (unpaired) electrons. The van der Waals surface area contributed by atoms with Gasteiger partial charge in [-0.15, -0.1) is 0 Å². The van der Waals surface area contributed by atoms with Crippen LogP contribution in [0.3, 0.4) is 0 Å². The van der Waals surface area contributed by atoms with Crippen LogP contribution in [-0.2, 0) is 4.74 Å². The van der Waals surface area contributed by atoms with E-state index in [0.717, 1.165) is 0 Å². The molecule has 0 aromatic carbocycles. The fourth-order valence-corrected chi connectivity index (χ4v) is 1.92. The second-order valence-electron chi connectivity index (χ2n) is 4.63. The monoisotopic (exact) mass is 171 g/mol. The maximum Gasteiger partial charge on any atom is 0.404 e. The van der Waals surface area contributed by atoms with E-state index in [2.05, 4.69) is 27.7 Å². The Hall–Kier alpha value is -0.730. The van der Waals surface area contributed by atoms with Crippen molar-refractivity contribution in [3.05, 3.63) is 0 Å². The van der Waals surface area contributed by atoms with Gasteiger partial charge in [0.25, 0.3) is 0 Å². The second-order valence-corrected chi connectivity index (χ2v) is 4.63. The van der Waals surface area contributed by atoms with E-state index in [0.29, 0.717) is 12.5 Å². The molecule has 0 bridgehead atoms. The third kappa shape index (κ3) is 1.17. The first-order valence-electron chi connectivity index (χ1n) is 4.22. The summed E-state index contributed by atoms with van der Waals surface area (Å²) in [6.45, 7) is 9.18. The van der Waals surface area contributed by atoms with E-state index < -0.39 is 6.09 Å². The Morgan fingerprint density at radius 2 is 1.75 bits per heavy atom. The molecule has 0 unspecified atom stereocenters. The SMILES string of the molecule is CC1(C)C(COC(N)=O)C1(C)C. The van der Waals surface area contributed by atoms with Crippen LogP contribution in [0.5, 0.6) is 0 Å². The summed E-state index contributed by atoms with van der Waals surface area (Å²) in [6.07, 6.45) is -0.673. The Kier molecular flexibility index (Phi) is 1.85. The van der Waals surface area contributed by atoms with Gasteiger partial charge >= 0.3 is 6.09 Å². The van der Waals surface area contributed by atoms with Gasteiger partial charge in [-0.3, -0.25) is 0 Å². The Bertz CT molecular complexity index is 195. The van der Waals surface area contributed by atoms with Gasteiger partial charge in [-0.05, 0) is 10.8 Å². The summed E-state index contributed by atoms with van der Waals surface area (Å²) in [6, 6.07) is 0. The molecule has 1 aliphatic rings. The third-order valence-corrected chi connectivity index (χ3v) is 3.71. The Morgan fingerprint density at radius 3 is 2.00 bits per heavy atom. The Labute approximate surface area is 73.3 Å². The predicted octanol–water partition coefficient (Wildman–Crippen LogP) is 1.76. The predicted molar refractivity (Wildman–Crippen MR) is 46.6 cm³/mol. The number of rotatable bonds is 2. The number of amides is 1. The molecule has 1 aliphatic carbocycles. The van der Waals surface area contributed by atoms with Gasteiger partial charge in [-0.25, -0.2) is 4.79 Å². The number of carbonyl (C=O) groups excluding carboxylic acids is 1. The van der Waals surface area contributed by atoms with Crippen molar-refractivity contribution in [2.45, 2.75) is 27.7 Å². The van der Waals surface area contributed by atoms with Gasteiger partial charge in [0.2, 0.25) is 0 Å². The summed E-state index contributed by atoms with van der Waals surface area (Å²) in [4.78, 5) is 10.4. The lowest BCUT2D eigenvalue weighted by atomic mass is 10.0. The van der Waals surface area contributed by atoms with Crippen LogP contribution >= 0.6 is 0 Å². The maximum absolute atomic E-state index is 10.4. The van der Waals surface area contributed by atoms with Crippen LogP contribution < -0.4 is 5.73 Å². The van der Waals surface area contributed by atoms with E-state index in [1.165, 1.54) is 0 Å². The van der Waals surface area contributed by atoms with E-state index in [4.69, 9.17) is 10.5 Å². The van der Waals surface area contributed by atoms with Crippen LogP contribution in [0.1, 0.15) is 27.7 Å². The Balaban J connectivity index is 2.44. The zero-order valence-corrected chi connectivity index (χ0v) is 8.18. The highest BCUT2D eigenvalue weighted by atomic mass is 16.5. The fourth-order valence-electron chi connectivity index (χ4n) is 1.92. The molecule has 70 valence electrons. The van der Waals surface area contributed by atoms with E-state index in [9.17, 15) is 4.79 Å².